The molecular weight excluding hydrogens is 224 g/mol. The van der Waals surface area contributed by atoms with Crippen molar-refractivity contribution >= 4 is 12.0 Å². The van der Waals surface area contributed by atoms with Crippen molar-refractivity contribution in [2.24, 2.45) is 5.92 Å². The van der Waals surface area contributed by atoms with Crippen molar-refractivity contribution in [2.45, 2.75) is 51.3 Å². The molecule has 0 bridgehead atoms. The van der Waals surface area contributed by atoms with Crippen molar-refractivity contribution in [3.05, 3.63) is 0 Å². The second-order valence-corrected chi connectivity index (χ2v) is 4.75. The third-order valence-electron chi connectivity index (χ3n) is 2.80. The van der Waals surface area contributed by atoms with Crippen LogP contribution in [0.25, 0.3) is 0 Å². The van der Waals surface area contributed by atoms with Gasteiger partial charge in [0.1, 0.15) is 0 Å². The lowest BCUT2D eigenvalue weighted by molar-refractivity contribution is -0.141. The number of hydrogen-bond donors (Lipinski definition) is 4. The first-order chi connectivity index (χ1) is 7.90. The maximum absolute atomic E-state index is 11.5. The molecule has 1 aliphatic carbocycles. The minimum atomic E-state index is -1.27. The van der Waals surface area contributed by atoms with Gasteiger partial charge in [0, 0.05) is 6.04 Å². The third kappa shape index (κ3) is 5.04. The zero-order chi connectivity index (χ0) is 13.0. The van der Waals surface area contributed by atoms with Crippen LogP contribution in [0.3, 0.4) is 0 Å². The monoisotopic (exact) mass is 244 g/mol. The zero-order valence-corrected chi connectivity index (χ0v) is 10.1. The van der Waals surface area contributed by atoms with E-state index in [-0.39, 0.29) is 6.04 Å². The van der Waals surface area contributed by atoms with Crippen LogP contribution in [0.4, 0.5) is 4.79 Å². The van der Waals surface area contributed by atoms with Crippen LogP contribution in [-0.2, 0) is 4.79 Å². The molecule has 0 spiro atoms. The van der Waals surface area contributed by atoms with E-state index >= 15 is 0 Å². The van der Waals surface area contributed by atoms with Crippen molar-refractivity contribution in [1.82, 2.24) is 10.6 Å². The number of amides is 2. The topological polar surface area (TPSA) is 98.7 Å². The Morgan fingerprint density at radius 3 is 2.29 bits per heavy atom. The summed E-state index contributed by atoms with van der Waals surface area (Å²) in [7, 11) is 0. The minimum Gasteiger partial charge on any atom is -0.480 e. The molecular formula is C11H20N2O4. The number of aliphatic carboxylic acids is 1. The first-order valence-corrected chi connectivity index (χ1v) is 5.88. The van der Waals surface area contributed by atoms with E-state index in [1.54, 1.807) is 0 Å². The summed E-state index contributed by atoms with van der Waals surface area (Å²) in [6.07, 6.45) is 2.20. The summed E-state index contributed by atoms with van der Waals surface area (Å²) in [5.74, 6) is -0.553. The van der Waals surface area contributed by atoms with Crippen LogP contribution in [0, 0.1) is 5.92 Å². The molecule has 1 unspecified atom stereocenters. The molecule has 1 fully saturated rings. The van der Waals surface area contributed by atoms with Crippen LogP contribution in [-0.4, -0.2) is 40.4 Å². The average molecular weight is 244 g/mol. The standard InChI is InChI=1S/C11H20N2O4/c1-6(5-8-3-4-8)12-11(17)13-9(7(2)14)10(15)16/h6-9,14H,3-5H2,1-2H3,(H,15,16)(H2,12,13,17)/t6?,7-,9+/m1/s1. The lowest BCUT2D eigenvalue weighted by atomic mass is 10.1. The second-order valence-electron chi connectivity index (χ2n) is 4.75. The molecule has 0 aliphatic heterocycles. The summed E-state index contributed by atoms with van der Waals surface area (Å²) >= 11 is 0. The molecule has 6 nitrogen and oxygen atoms in total. The van der Waals surface area contributed by atoms with Crippen molar-refractivity contribution in [3.63, 3.8) is 0 Å². The summed E-state index contributed by atoms with van der Waals surface area (Å²) in [6.45, 7) is 3.21. The van der Waals surface area contributed by atoms with Gasteiger partial charge in [-0.3, -0.25) is 0 Å². The van der Waals surface area contributed by atoms with Crippen LogP contribution < -0.4 is 10.6 Å². The van der Waals surface area contributed by atoms with Crippen LogP contribution in [0.2, 0.25) is 0 Å². The van der Waals surface area contributed by atoms with E-state index in [0.29, 0.717) is 5.92 Å². The van der Waals surface area contributed by atoms with E-state index in [9.17, 15) is 14.7 Å². The van der Waals surface area contributed by atoms with Gasteiger partial charge in [-0.1, -0.05) is 12.8 Å². The molecule has 6 heteroatoms. The Morgan fingerprint density at radius 2 is 1.88 bits per heavy atom. The predicted molar refractivity (Wildman–Crippen MR) is 61.6 cm³/mol. The van der Waals surface area contributed by atoms with Gasteiger partial charge in [0.25, 0.3) is 0 Å². The molecule has 0 aromatic heterocycles. The maximum Gasteiger partial charge on any atom is 0.328 e. The maximum atomic E-state index is 11.5. The average Bonchev–Trinajstić information content (AvgIpc) is 2.96. The summed E-state index contributed by atoms with van der Waals surface area (Å²) in [4.78, 5) is 22.2. The van der Waals surface area contributed by atoms with Gasteiger partial charge in [-0.15, -0.1) is 0 Å². The number of carboxylic acid groups (broad SMARTS) is 1. The van der Waals surface area contributed by atoms with Gasteiger partial charge in [-0.05, 0) is 26.2 Å². The number of urea groups is 1. The van der Waals surface area contributed by atoms with Crippen molar-refractivity contribution < 1.29 is 19.8 Å². The fraction of sp³-hybridized carbons (Fsp3) is 0.818. The van der Waals surface area contributed by atoms with Gasteiger partial charge in [0.15, 0.2) is 6.04 Å². The molecule has 3 atom stereocenters. The first-order valence-electron chi connectivity index (χ1n) is 5.88. The Kier molecular flexibility index (Phi) is 4.74. The third-order valence-corrected chi connectivity index (χ3v) is 2.80. The van der Waals surface area contributed by atoms with E-state index in [2.05, 4.69) is 10.6 Å². The number of rotatable bonds is 6. The Hall–Kier alpha value is -1.30. The van der Waals surface area contributed by atoms with Gasteiger partial charge in [-0.25, -0.2) is 9.59 Å². The molecule has 4 N–H and O–H groups in total. The van der Waals surface area contributed by atoms with E-state index < -0.39 is 24.1 Å². The number of carboxylic acids is 1. The van der Waals surface area contributed by atoms with E-state index in [4.69, 9.17) is 5.11 Å². The second kappa shape index (κ2) is 5.86. The Labute approximate surface area is 100 Å². The lowest BCUT2D eigenvalue weighted by Gasteiger charge is -2.19. The molecule has 0 aromatic carbocycles. The Morgan fingerprint density at radius 1 is 1.29 bits per heavy atom. The van der Waals surface area contributed by atoms with Crippen LogP contribution in [0.15, 0.2) is 0 Å². The molecule has 0 saturated heterocycles. The highest BCUT2D eigenvalue weighted by Crippen LogP contribution is 2.33. The number of carbonyl (C=O) groups excluding carboxylic acids is 1. The normalized spacial score (nSPS) is 20.2. The molecule has 1 aliphatic rings. The largest absolute Gasteiger partial charge is 0.480 e. The van der Waals surface area contributed by atoms with Crippen molar-refractivity contribution in [3.8, 4) is 0 Å². The van der Waals surface area contributed by atoms with Gasteiger partial charge in [0.2, 0.25) is 0 Å². The summed E-state index contributed by atoms with van der Waals surface area (Å²) in [6, 6.07) is -1.81. The molecule has 0 radical (unpaired) electrons. The highest BCUT2D eigenvalue weighted by molar-refractivity contribution is 5.83. The number of carbonyl (C=O) groups is 2. The highest BCUT2D eigenvalue weighted by Gasteiger charge is 2.27. The van der Waals surface area contributed by atoms with Gasteiger partial charge >= 0.3 is 12.0 Å². The SMILES string of the molecule is CC(CC1CC1)NC(=O)N[C@H](C(=O)O)[C@@H](C)O. The molecule has 2 amide bonds. The van der Waals surface area contributed by atoms with Crippen LogP contribution in [0.1, 0.15) is 33.1 Å². The number of nitrogens with one attached hydrogen (secondary N) is 2. The molecule has 17 heavy (non-hydrogen) atoms. The van der Waals surface area contributed by atoms with E-state index in [1.165, 1.54) is 19.8 Å². The quantitative estimate of drug-likeness (QED) is 0.540. The van der Waals surface area contributed by atoms with Gasteiger partial charge < -0.3 is 20.8 Å². The van der Waals surface area contributed by atoms with Crippen LogP contribution >= 0.6 is 0 Å². The molecule has 98 valence electrons. The predicted octanol–water partition coefficient (Wildman–Crippen LogP) is 0.308. The number of hydrogen-bond acceptors (Lipinski definition) is 3. The van der Waals surface area contributed by atoms with Crippen molar-refractivity contribution in [2.75, 3.05) is 0 Å². The fourth-order valence-corrected chi connectivity index (χ4v) is 1.71. The number of aliphatic hydroxyl groups is 1. The zero-order valence-electron chi connectivity index (χ0n) is 10.1. The Bertz CT molecular complexity index is 289. The van der Waals surface area contributed by atoms with Gasteiger partial charge in [0.05, 0.1) is 6.10 Å². The fourth-order valence-electron chi connectivity index (χ4n) is 1.71. The van der Waals surface area contributed by atoms with Crippen molar-refractivity contribution in [1.29, 1.82) is 0 Å². The smallest absolute Gasteiger partial charge is 0.328 e. The summed E-state index contributed by atoms with van der Waals surface area (Å²) < 4.78 is 0. The summed E-state index contributed by atoms with van der Waals surface area (Å²) in [5.41, 5.74) is 0. The minimum absolute atomic E-state index is 0.0194. The van der Waals surface area contributed by atoms with E-state index in [0.717, 1.165) is 6.42 Å². The number of aliphatic hydroxyl groups excluding tert-OH is 1. The first kappa shape index (κ1) is 13.8. The van der Waals surface area contributed by atoms with Gasteiger partial charge in [-0.2, -0.15) is 0 Å². The highest BCUT2D eigenvalue weighted by atomic mass is 16.4. The van der Waals surface area contributed by atoms with E-state index in [1.807, 2.05) is 6.92 Å². The molecule has 0 aromatic rings. The Balaban J connectivity index is 2.32. The van der Waals surface area contributed by atoms with Crippen LogP contribution in [0.5, 0.6) is 0 Å². The summed E-state index contributed by atoms with van der Waals surface area (Å²) in [5, 5.41) is 22.9. The molecule has 0 heterocycles. The molecule has 1 rings (SSSR count). The lowest BCUT2D eigenvalue weighted by Crippen LogP contribution is -2.52. The molecule has 1 saturated carbocycles.